The van der Waals surface area contributed by atoms with Crippen LogP contribution in [0.5, 0.6) is 0 Å². The molecule has 11 heteroatoms. The van der Waals surface area contributed by atoms with E-state index >= 15 is 0 Å². The molecule has 0 radical (unpaired) electrons. The maximum atomic E-state index is 14.5. The highest BCUT2D eigenvalue weighted by Gasteiger charge is 2.27. The molecule has 206 valence electrons. The van der Waals surface area contributed by atoms with Gasteiger partial charge in [0.25, 0.3) is 0 Å². The van der Waals surface area contributed by atoms with Crippen molar-refractivity contribution in [1.29, 1.82) is 0 Å². The Balaban J connectivity index is 1.33. The smallest absolute Gasteiger partial charge is 0.165 e. The van der Waals surface area contributed by atoms with E-state index in [0.717, 1.165) is 63.3 Å². The number of halogens is 2. The predicted octanol–water partition coefficient (Wildman–Crippen LogP) is 3.95. The third-order valence-corrected chi connectivity index (χ3v) is 8.82. The van der Waals surface area contributed by atoms with Gasteiger partial charge in [-0.3, -0.25) is 4.99 Å². The lowest BCUT2D eigenvalue weighted by Gasteiger charge is -2.30. The Morgan fingerprint density at radius 1 is 1.22 bits per heavy atom. The molecule has 1 aromatic rings. The van der Waals surface area contributed by atoms with Crippen LogP contribution in [-0.4, -0.2) is 69.1 Å². The van der Waals surface area contributed by atoms with Crippen LogP contribution in [0.15, 0.2) is 28.4 Å². The van der Waals surface area contributed by atoms with Gasteiger partial charge in [-0.25, -0.2) is 17.8 Å². The van der Waals surface area contributed by atoms with Crippen molar-refractivity contribution in [3.63, 3.8) is 0 Å². The Bertz CT molecular complexity index is 1090. The van der Waals surface area contributed by atoms with Gasteiger partial charge in [-0.15, -0.1) is 0 Å². The molecular formula is C26H39ClFN5O3S. The minimum Gasteiger partial charge on any atom is -0.381 e. The second-order valence-corrected chi connectivity index (χ2v) is 13.3. The number of amidine groups is 1. The van der Waals surface area contributed by atoms with Crippen molar-refractivity contribution in [2.24, 2.45) is 10.9 Å². The lowest BCUT2D eigenvalue weighted by Crippen LogP contribution is -2.42. The zero-order chi connectivity index (χ0) is 26.4. The summed E-state index contributed by atoms with van der Waals surface area (Å²) in [7, 11) is -2.99. The number of anilines is 1. The third kappa shape index (κ3) is 8.63. The van der Waals surface area contributed by atoms with Gasteiger partial charge >= 0.3 is 0 Å². The van der Waals surface area contributed by atoms with Gasteiger partial charge in [-0.1, -0.05) is 11.6 Å². The van der Waals surface area contributed by atoms with Gasteiger partial charge in [-0.05, 0) is 63.5 Å². The number of hydrogen-bond donors (Lipinski definition) is 3. The number of hydrogen-bond acceptors (Lipinski definition) is 7. The molecule has 8 nitrogen and oxygen atoms in total. The number of rotatable bonds is 9. The SMILES string of the molecule is CC(CS(C)(=O)=O)NC1CCC(N=C2CC(c3ccc(F)c(NCC4CCOCC4)n3)C(Cl)=CN2)CC1. The first kappa shape index (κ1) is 28.3. The largest absolute Gasteiger partial charge is 0.381 e. The fourth-order valence-corrected chi connectivity index (χ4v) is 6.65. The lowest BCUT2D eigenvalue weighted by molar-refractivity contribution is 0.0699. The van der Waals surface area contributed by atoms with Crippen molar-refractivity contribution in [2.45, 2.75) is 75.9 Å². The molecule has 0 amide bonds. The molecule has 37 heavy (non-hydrogen) atoms. The molecule has 2 aliphatic heterocycles. The molecule has 1 aromatic heterocycles. The topological polar surface area (TPSA) is 105 Å². The number of allylic oxidation sites excluding steroid dienone is 1. The Kier molecular flexibility index (Phi) is 9.83. The van der Waals surface area contributed by atoms with Crippen LogP contribution < -0.4 is 16.0 Å². The molecule has 2 unspecified atom stereocenters. The van der Waals surface area contributed by atoms with Gasteiger partial charge in [0.15, 0.2) is 11.6 Å². The van der Waals surface area contributed by atoms with Crippen LogP contribution in [0.25, 0.3) is 0 Å². The van der Waals surface area contributed by atoms with Crippen molar-refractivity contribution in [1.82, 2.24) is 15.6 Å². The standard InChI is InChI=1S/C26H39ClFN5O3S/c1-17(16-37(2,34)35)31-19-3-5-20(6-4-19)32-25-13-21(22(27)15-29-25)24-8-7-23(28)26(33-24)30-14-18-9-11-36-12-10-18/h7-8,15,17-21,31H,3-6,9-14,16H2,1-2H3,(H,29,32)(H,30,33). The molecule has 1 aliphatic carbocycles. The molecule has 2 atom stereocenters. The fourth-order valence-electron chi connectivity index (χ4n) is 5.40. The summed E-state index contributed by atoms with van der Waals surface area (Å²) < 4.78 is 43.0. The Hall–Kier alpha value is -1.75. The molecule has 1 saturated carbocycles. The first-order chi connectivity index (χ1) is 17.7. The van der Waals surface area contributed by atoms with Crippen molar-refractivity contribution < 1.29 is 17.5 Å². The van der Waals surface area contributed by atoms with Crippen LogP contribution in [0.1, 0.15) is 63.5 Å². The number of aliphatic imine (C=N–C) groups is 1. The third-order valence-electron chi connectivity index (χ3n) is 7.34. The van der Waals surface area contributed by atoms with E-state index in [-0.39, 0.29) is 35.4 Å². The van der Waals surface area contributed by atoms with Crippen LogP contribution in [0, 0.1) is 11.7 Å². The summed E-state index contributed by atoms with van der Waals surface area (Å²) >= 11 is 6.55. The monoisotopic (exact) mass is 555 g/mol. The maximum Gasteiger partial charge on any atom is 0.165 e. The number of aromatic nitrogens is 1. The molecule has 3 aliphatic rings. The summed E-state index contributed by atoms with van der Waals surface area (Å²) in [5.74, 6) is 1.18. The second-order valence-electron chi connectivity index (χ2n) is 10.7. The Morgan fingerprint density at radius 3 is 2.65 bits per heavy atom. The van der Waals surface area contributed by atoms with Crippen LogP contribution in [0.2, 0.25) is 0 Å². The van der Waals surface area contributed by atoms with Gasteiger partial charge in [0.05, 0.1) is 17.5 Å². The molecule has 3 heterocycles. The van der Waals surface area contributed by atoms with Crippen LogP contribution in [0.4, 0.5) is 10.2 Å². The van der Waals surface area contributed by atoms with E-state index < -0.39 is 9.84 Å². The molecule has 3 N–H and O–H groups in total. The van der Waals surface area contributed by atoms with E-state index in [0.29, 0.717) is 30.0 Å². The zero-order valence-corrected chi connectivity index (χ0v) is 23.3. The van der Waals surface area contributed by atoms with Crippen molar-refractivity contribution in [3.8, 4) is 0 Å². The van der Waals surface area contributed by atoms with E-state index in [1.807, 2.05) is 6.92 Å². The Labute approximate surface area is 224 Å². The number of nitrogens with one attached hydrogen (secondary N) is 3. The predicted molar refractivity (Wildman–Crippen MR) is 146 cm³/mol. The molecule has 1 saturated heterocycles. The van der Waals surface area contributed by atoms with Crippen molar-refractivity contribution >= 4 is 33.1 Å². The van der Waals surface area contributed by atoms with E-state index in [1.165, 1.54) is 12.3 Å². The van der Waals surface area contributed by atoms with Crippen LogP contribution >= 0.6 is 11.6 Å². The summed E-state index contributed by atoms with van der Waals surface area (Å²) in [5.41, 5.74) is 0.721. The average molecular weight is 556 g/mol. The van der Waals surface area contributed by atoms with E-state index in [1.54, 1.807) is 12.3 Å². The highest BCUT2D eigenvalue weighted by molar-refractivity contribution is 7.90. The first-order valence-corrected chi connectivity index (χ1v) is 15.7. The summed E-state index contributed by atoms with van der Waals surface area (Å²) in [6.07, 6.45) is 9.33. The fraction of sp³-hybridized carbons (Fsp3) is 0.692. The zero-order valence-electron chi connectivity index (χ0n) is 21.7. The summed E-state index contributed by atoms with van der Waals surface area (Å²) in [5, 5.41) is 10.5. The number of nitrogens with zero attached hydrogens (tertiary/aromatic N) is 2. The number of sulfone groups is 1. The van der Waals surface area contributed by atoms with Gasteiger partial charge in [-0.2, -0.15) is 0 Å². The maximum absolute atomic E-state index is 14.5. The highest BCUT2D eigenvalue weighted by atomic mass is 35.5. The Morgan fingerprint density at radius 2 is 1.95 bits per heavy atom. The normalized spacial score (nSPS) is 27.4. The van der Waals surface area contributed by atoms with Gasteiger partial charge in [0, 0.05) is 61.7 Å². The van der Waals surface area contributed by atoms with E-state index in [2.05, 4.69) is 20.9 Å². The van der Waals surface area contributed by atoms with E-state index in [9.17, 15) is 12.8 Å². The number of ether oxygens (including phenoxy) is 1. The lowest BCUT2D eigenvalue weighted by atomic mass is 9.90. The van der Waals surface area contributed by atoms with Gasteiger partial charge in [0.2, 0.25) is 0 Å². The molecule has 4 rings (SSSR count). The number of pyridine rings is 1. The second kappa shape index (κ2) is 12.9. The first-order valence-electron chi connectivity index (χ1n) is 13.3. The van der Waals surface area contributed by atoms with Crippen molar-refractivity contribution in [3.05, 3.63) is 34.9 Å². The van der Waals surface area contributed by atoms with Crippen LogP contribution in [-0.2, 0) is 14.6 Å². The molecule has 2 fully saturated rings. The summed E-state index contributed by atoms with van der Waals surface area (Å²) in [4.78, 5) is 9.56. The minimum atomic E-state index is -2.99. The summed E-state index contributed by atoms with van der Waals surface area (Å²) in [6, 6.07) is 3.61. The van der Waals surface area contributed by atoms with Gasteiger partial charge < -0.3 is 20.7 Å². The average Bonchev–Trinajstić information content (AvgIpc) is 2.85. The van der Waals surface area contributed by atoms with Crippen molar-refractivity contribution in [2.75, 3.05) is 37.1 Å². The van der Waals surface area contributed by atoms with Crippen LogP contribution in [0.3, 0.4) is 0 Å². The quantitative estimate of drug-likeness (QED) is 0.424. The van der Waals surface area contributed by atoms with E-state index in [4.69, 9.17) is 21.3 Å². The molecular weight excluding hydrogens is 517 g/mol. The van der Waals surface area contributed by atoms with Gasteiger partial charge in [0.1, 0.15) is 15.7 Å². The summed E-state index contributed by atoms with van der Waals surface area (Å²) in [6.45, 7) is 4.09. The molecule has 0 aromatic carbocycles. The molecule has 0 bridgehead atoms. The molecule has 0 spiro atoms. The highest BCUT2D eigenvalue weighted by Crippen LogP contribution is 2.33. The minimum absolute atomic E-state index is 0.0600.